The molecule has 0 aliphatic heterocycles. The Bertz CT molecular complexity index is 277. The zero-order valence-corrected chi connectivity index (χ0v) is 10.2. The molecule has 0 saturated carbocycles. The van der Waals surface area contributed by atoms with Gasteiger partial charge in [0, 0.05) is 37.0 Å². The van der Waals surface area contributed by atoms with Gasteiger partial charge in [-0.15, -0.1) is 11.8 Å². The first-order valence-electron chi connectivity index (χ1n) is 5.19. The van der Waals surface area contributed by atoms with Crippen molar-refractivity contribution >= 4 is 11.8 Å². The van der Waals surface area contributed by atoms with Crippen LogP contribution in [0, 0.1) is 0 Å². The number of ether oxygens (including phenoxy) is 1. The van der Waals surface area contributed by atoms with Crippen LogP contribution < -0.4 is 5.73 Å². The van der Waals surface area contributed by atoms with E-state index in [2.05, 4.69) is 5.10 Å². The normalized spacial score (nSPS) is 13.0. The van der Waals surface area contributed by atoms with E-state index in [-0.39, 0.29) is 6.10 Å². The summed E-state index contributed by atoms with van der Waals surface area (Å²) in [6.07, 6.45) is 5.08. The number of nitrogens with two attached hydrogens (primary N) is 1. The van der Waals surface area contributed by atoms with Crippen LogP contribution in [0.1, 0.15) is 13.3 Å². The third-order valence-corrected chi connectivity index (χ3v) is 3.04. The maximum absolute atomic E-state index is 5.59. The molecule has 0 bridgehead atoms. The predicted octanol–water partition coefficient (Wildman–Crippen LogP) is 1.27. The van der Waals surface area contributed by atoms with Gasteiger partial charge in [0.15, 0.2) is 0 Å². The third kappa shape index (κ3) is 4.68. The van der Waals surface area contributed by atoms with E-state index in [0.29, 0.717) is 6.54 Å². The molecule has 15 heavy (non-hydrogen) atoms. The molecule has 0 aromatic carbocycles. The maximum Gasteiger partial charge on any atom is 0.0705 e. The third-order valence-electron chi connectivity index (χ3n) is 2.06. The lowest BCUT2D eigenvalue weighted by Gasteiger charge is -2.13. The summed E-state index contributed by atoms with van der Waals surface area (Å²) in [5.41, 5.74) is 5.59. The van der Waals surface area contributed by atoms with E-state index in [1.165, 1.54) is 4.90 Å². The highest BCUT2D eigenvalue weighted by Crippen LogP contribution is 2.18. The van der Waals surface area contributed by atoms with E-state index < -0.39 is 0 Å². The molecule has 5 heteroatoms. The molecule has 0 aliphatic carbocycles. The summed E-state index contributed by atoms with van der Waals surface area (Å²) < 4.78 is 7.29. The lowest BCUT2D eigenvalue weighted by molar-refractivity contribution is 0.0674. The van der Waals surface area contributed by atoms with Crippen molar-refractivity contribution in [2.45, 2.75) is 24.3 Å². The summed E-state index contributed by atoms with van der Waals surface area (Å²) in [7, 11) is 1.92. The molecule has 1 heterocycles. The van der Waals surface area contributed by atoms with Crippen molar-refractivity contribution in [1.29, 1.82) is 0 Å². The summed E-state index contributed by atoms with van der Waals surface area (Å²) in [5.74, 6) is 1.02. The van der Waals surface area contributed by atoms with Gasteiger partial charge in [-0.05, 0) is 13.3 Å². The largest absolute Gasteiger partial charge is 0.377 e. The van der Waals surface area contributed by atoms with Crippen LogP contribution in [0.25, 0.3) is 0 Å². The molecule has 0 spiro atoms. The molecular weight excluding hydrogens is 210 g/mol. The van der Waals surface area contributed by atoms with E-state index in [0.717, 1.165) is 18.8 Å². The number of thioether (sulfide) groups is 1. The van der Waals surface area contributed by atoms with Crippen molar-refractivity contribution < 1.29 is 4.74 Å². The van der Waals surface area contributed by atoms with E-state index >= 15 is 0 Å². The molecule has 0 saturated heterocycles. The predicted molar refractivity (Wildman–Crippen MR) is 63.0 cm³/mol. The lowest BCUT2D eigenvalue weighted by atomic mass is 10.3. The maximum atomic E-state index is 5.59. The Kier molecular flexibility index (Phi) is 5.75. The second-order valence-electron chi connectivity index (χ2n) is 3.30. The van der Waals surface area contributed by atoms with Gasteiger partial charge in [0.1, 0.15) is 0 Å². The molecular formula is C10H19N3OS. The van der Waals surface area contributed by atoms with Gasteiger partial charge >= 0.3 is 0 Å². The van der Waals surface area contributed by atoms with Crippen LogP contribution in [0.4, 0.5) is 0 Å². The van der Waals surface area contributed by atoms with E-state index in [1.807, 2.05) is 31.0 Å². The van der Waals surface area contributed by atoms with Gasteiger partial charge < -0.3 is 10.5 Å². The van der Waals surface area contributed by atoms with Crippen LogP contribution in [0.15, 0.2) is 17.3 Å². The zero-order chi connectivity index (χ0) is 11.1. The van der Waals surface area contributed by atoms with E-state index in [1.54, 1.807) is 11.8 Å². The van der Waals surface area contributed by atoms with Gasteiger partial charge in [-0.25, -0.2) is 0 Å². The number of rotatable bonds is 7. The first-order valence-corrected chi connectivity index (χ1v) is 6.18. The highest BCUT2D eigenvalue weighted by Gasteiger charge is 2.06. The Hall–Kier alpha value is -0.520. The van der Waals surface area contributed by atoms with Gasteiger partial charge in [0.25, 0.3) is 0 Å². The molecule has 86 valence electrons. The molecule has 2 N–H and O–H groups in total. The number of hydrogen-bond donors (Lipinski definition) is 1. The highest BCUT2D eigenvalue weighted by molar-refractivity contribution is 7.99. The molecule has 1 aromatic heterocycles. The topological polar surface area (TPSA) is 53.1 Å². The lowest BCUT2D eigenvalue weighted by Crippen LogP contribution is -2.24. The van der Waals surface area contributed by atoms with Crippen LogP contribution in [-0.4, -0.2) is 34.8 Å². The van der Waals surface area contributed by atoms with Crippen LogP contribution in [0.2, 0.25) is 0 Å². The first kappa shape index (κ1) is 12.5. The standard InChI is InChI=1S/C10H19N3OS/c1-3-14-9(6-11)4-5-15-10-7-12-13(2)8-10/h7-9H,3-6,11H2,1-2H3. The quantitative estimate of drug-likeness (QED) is 0.715. The highest BCUT2D eigenvalue weighted by atomic mass is 32.2. The molecule has 0 fully saturated rings. The summed E-state index contributed by atoms with van der Waals surface area (Å²) in [6, 6.07) is 0. The fourth-order valence-electron chi connectivity index (χ4n) is 1.29. The zero-order valence-electron chi connectivity index (χ0n) is 9.35. The Morgan fingerprint density at radius 2 is 2.47 bits per heavy atom. The molecule has 1 unspecified atom stereocenters. The molecule has 1 rings (SSSR count). The summed E-state index contributed by atoms with van der Waals surface area (Å²) >= 11 is 1.79. The van der Waals surface area contributed by atoms with Crippen molar-refractivity contribution in [1.82, 2.24) is 9.78 Å². The Balaban J connectivity index is 2.20. The van der Waals surface area contributed by atoms with Gasteiger partial charge in [0.2, 0.25) is 0 Å². The molecule has 4 nitrogen and oxygen atoms in total. The van der Waals surface area contributed by atoms with Crippen LogP contribution >= 0.6 is 11.8 Å². The smallest absolute Gasteiger partial charge is 0.0705 e. The van der Waals surface area contributed by atoms with Crippen molar-refractivity contribution in [2.24, 2.45) is 12.8 Å². The number of aromatic nitrogens is 2. The van der Waals surface area contributed by atoms with Crippen molar-refractivity contribution in [3.05, 3.63) is 12.4 Å². The number of nitrogens with zero attached hydrogens (tertiary/aromatic N) is 2. The van der Waals surface area contributed by atoms with Crippen LogP contribution in [-0.2, 0) is 11.8 Å². The van der Waals surface area contributed by atoms with Gasteiger partial charge in [-0.3, -0.25) is 4.68 Å². The number of hydrogen-bond acceptors (Lipinski definition) is 4. The molecule has 1 atom stereocenters. The fourth-order valence-corrected chi connectivity index (χ4v) is 2.25. The molecule has 1 aromatic rings. The van der Waals surface area contributed by atoms with Crippen molar-refractivity contribution in [3.63, 3.8) is 0 Å². The van der Waals surface area contributed by atoms with Crippen molar-refractivity contribution in [3.8, 4) is 0 Å². The van der Waals surface area contributed by atoms with E-state index in [4.69, 9.17) is 10.5 Å². The van der Waals surface area contributed by atoms with Crippen LogP contribution in [0.3, 0.4) is 0 Å². The fraction of sp³-hybridized carbons (Fsp3) is 0.700. The average Bonchev–Trinajstić information content (AvgIpc) is 2.63. The van der Waals surface area contributed by atoms with Gasteiger partial charge in [0.05, 0.1) is 12.3 Å². The minimum atomic E-state index is 0.194. The number of aryl methyl sites for hydroxylation is 1. The Labute approximate surface area is 95.2 Å². The second kappa shape index (κ2) is 6.87. The van der Waals surface area contributed by atoms with E-state index in [9.17, 15) is 0 Å². The first-order chi connectivity index (χ1) is 7.26. The average molecular weight is 229 g/mol. The van der Waals surface area contributed by atoms with Crippen LogP contribution in [0.5, 0.6) is 0 Å². The molecule has 0 radical (unpaired) electrons. The molecule has 0 amide bonds. The summed E-state index contributed by atoms with van der Waals surface area (Å²) in [4.78, 5) is 1.20. The SMILES string of the molecule is CCOC(CN)CCSc1cnn(C)c1. The molecule has 0 aliphatic rings. The van der Waals surface area contributed by atoms with Gasteiger partial charge in [-0.2, -0.15) is 5.10 Å². The summed E-state index contributed by atoms with van der Waals surface area (Å²) in [5, 5.41) is 4.11. The minimum Gasteiger partial charge on any atom is -0.377 e. The Morgan fingerprint density at radius 1 is 1.67 bits per heavy atom. The summed E-state index contributed by atoms with van der Waals surface area (Å²) in [6.45, 7) is 3.33. The van der Waals surface area contributed by atoms with Crippen molar-refractivity contribution in [2.75, 3.05) is 18.9 Å². The Morgan fingerprint density at radius 3 is 3.00 bits per heavy atom. The minimum absolute atomic E-state index is 0.194. The second-order valence-corrected chi connectivity index (χ2v) is 4.47. The van der Waals surface area contributed by atoms with Gasteiger partial charge in [-0.1, -0.05) is 0 Å². The monoisotopic (exact) mass is 229 g/mol.